The van der Waals surface area contributed by atoms with Crippen molar-refractivity contribution in [2.45, 2.75) is 13.0 Å². The minimum absolute atomic E-state index is 0.269. The summed E-state index contributed by atoms with van der Waals surface area (Å²) in [6.07, 6.45) is 2.60. The fourth-order valence-electron chi connectivity index (χ4n) is 2.58. The maximum absolute atomic E-state index is 5.87. The van der Waals surface area contributed by atoms with Crippen molar-refractivity contribution in [1.29, 1.82) is 0 Å². The molecule has 1 aliphatic heterocycles. The lowest BCUT2D eigenvalue weighted by Gasteiger charge is -2.30. The van der Waals surface area contributed by atoms with Crippen LogP contribution in [0.4, 0.5) is 5.82 Å². The lowest BCUT2D eigenvalue weighted by Crippen LogP contribution is -2.31. The zero-order valence-electron chi connectivity index (χ0n) is 12.0. The van der Waals surface area contributed by atoms with Gasteiger partial charge in [-0.3, -0.25) is 0 Å². The molecule has 0 fully saturated rings. The number of rotatable bonds is 3. The van der Waals surface area contributed by atoms with E-state index in [9.17, 15) is 0 Å². The smallest absolute Gasteiger partial charge is 0.224 e. The highest BCUT2D eigenvalue weighted by molar-refractivity contribution is 6.28. The Morgan fingerprint density at radius 1 is 1.14 bits per heavy atom. The highest BCUT2D eigenvalue weighted by atomic mass is 35.5. The molecule has 5 nitrogen and oxygen atoms in total. The quantitative estimate of drug-likeness (QED) is 0.816. The number of anilines is 1. The second kappa shape index (κ2) is 5.77. The Labute approximate surface area is 128 Å². The van der Waals surface area contributed by atoms with Crippen LogP contribution < -0.4 is 14.4 Å². The van der Waals surface area contributed by atoms with E-state index in [1.54, 1.807) is 20.4 Å². The molecule has 0 amide bonds. The van der Waals surface area contributed by atoms with Gasteiger partial charge in [-0.25, -0.2) is 9.97 Å². The minimum atomic E-state index is 0.269. The van der Waals surface area contributed by atoms with Crippen molar-refractivity contribution in [2.24, 2.45) is 0 Å². The van der Waals surface area contributed by atoms with Crippen molar-refractivity contribution in [3.8, 4) is 11.5 Å². The number of hydrogen-bond donors (Lipinski definition) is 0. The summed E-state index contributed by atoms with van der Waals surface area (Å²) in [5, 5.41) is 0.269. The van der Waals surface area contributed by atoms with Crippen LogP contribution in [0.15, 0.2) is 24.4 Å². The summed E-state index contributed by atoms with van der Waals surface area (Å²) >= 11 is 5.87. The Morgan fingerprint density at radius 2 is 1.86 bits per heavy atom. The second-order valence-electron chi connectivity index (χ2n) is 4.83. The molecule has 0 aliphatic carbocycles. The van der Waals surface area contributed by atoms with E-state index in [0.717, 1.165) is 36.8 Å². The van der Waals surface area contributed by atoms with Crippen molar-refractivity contribution in [3.63, 3.8) is 0 Å². The van der Waals surface area contributed by atoms with Gasteiger partial charge in [-0.05, 0) is 47.3 Å². The molecular weight excluding hydrogens is 290 g/mol. The van der Waals surface area contributed by atoms with Gasteiger partial charge >= 0.3 is 0 Å². The maximum Gasteiger partial charge on any atom is 0.224 e. The molecule has 0 unspecified atom stereocenters. The van der Waals surface area contributed by atoms with Crippen molar-refractivity contribution < 1.29 is 9.47 Å². The van der Waals surface area contributed by atoms with Crippen LogP contribution in [-0.2, 0) is 13.0 Å². The van der Waals surface area contributed by atoms with E-state index in [4.69, 9.17) is 21.1 Å². The molecule has 0 radical (unpaired) electrons. The molecule has 3 rings (SSSR count). The van der Waals surface area contributed by atoms with Gasteiger partial charge in [0, 0.05) is 19.3 Å². The first-order valence-electron chi connectivity index (χ1n) is 6.68. The molecule has 0 N–H and O–H groups in total. The summed E-state index contributed by atoms with van der Waals surface area (Å²) < 4.78 is 10.7. The van der Waals surface area contributed by atoms with Gasteiger partial charge in [-0.1, -0.05) is 0 Å². The molecule has 1 aromatic heterocycles. The summed E-state index contributed by atoms with van der Waals surface area (Å²) in [5.41, 5.74) is 2.50. The van der Waals surface area contributed by atoms with Crippen molar-refractivity contribution >= 4 is 17.4 Å². The van der Waals surface area contributed by atoms with Gasteiger partial charge in [0.05, 0.1) is 14.2 Å². The third-order valence-electron chi connectivity index (χ3n) is 3.65. The highest BCUT2D eigenvalue weighted by Gasteiger charge is 2.20. The summed E-state index contributed by atoms with van der Waals surface area (Å²) in [6.45, 7) is 1.65. The monoisotopic (exact) mass is 305 g/mol. The number of nitrogens with zero attached hydrogens (tertiary/aromatic N) is 3. The Balaban J connectivity index is 1.91. The number of aromatic nitrogens is 2. The first-order valence-corrected chi connectivity index (χ1v) is 7.06. The zero-order valence-corrected chi connectivity index (χ0v) is 12.7. The van der Waals surface area contributed by atoms with E-state index < -0.39 is 0 Å². The van der Waals surface area contributed by atoms with Gasteiger partial charge in [0.2, 0.25) is 5.28 Å². The van der Waals surface area contributed by atoms with E-state index >= 15 is 0 Å². The van der Waals surface area contributed by atoms with Crippen molar-refractivity contribution in [2.75, 3.05) is 25.7 Å². The van der Waals surface area contributed by atoms with Gasteiger partial charge in [0.25, 0.3) is 0 Å². The average Bonchev–Trinajstić information content (AvgIpc) is 2.53. The Kier molecular flexibility index (Phi) is 3.84. The number of fused-ring (bicyclic) bond motifs is 1. The van der Waals surface area contributed by atoms with E-state index in [1.165, 1.54) is 11.1 Å². The molecule has 1 aliphatic rings. The molecule has 0 saturated heterocycles. The Bertz CT molecular complexity index is 663. The number of methoxy groups -OCH3 is 2. The molecule has 1 aromatic carbocycles. The van der Waals surface area contributed by atoms with Crippen LogP contribution in [0.3, 0.4) is 0 Å². The summed E-state index contributed by atoms with van der Waals surface area (Å²) in [7, 11) is 3.30. The fourth-order valence-corrected chi connectivity index (χ4v) is 2.72. The molecule has 0 spiro atoms. The standard InChI is InChI=1S/C15H16ClN3O2/c1-20-12-7-10-4-6-19(9-11(10)8-13(12)21-2)14-3-5-17-15(16)18-14/h3,5,7-8H,4,6,9H2,1-2H3. The van der Waals surface area contributed by atoms with Crippen molar-refractivity contribution in [3.05, 3.63) is 40.8 Å². The van der Waals surface area contributed by atoms with Gasteiger partial charge in [0.15, 0.2) is 11.5 Å². The molecule has 2 aromatic rings. The molecular formula is C15H16ClN3O2. The molecule has 110 valence electrons. The van der Waals surface area contributed by atoms with E-state index in [0.29, 0.717) is 0 Å². The topological polar surface area (TPSA) is 47.5 Å². The number of hydrogen-bond acceptors (Lipinski definition) is 5. The van der Waals surface area contributed by atoms with Gasteiger partial charge in [0.1, 0.15) is 5.82 Å². The number of ether oxygens (including phenoxy) is 2. The molecule has 6 heteroatoms. The van der Waals surface area contributed by atoms with Crippen LogP contribution in [0.5, 0.6) is 11.5 Å². The van der Waals surface area contributed by atoms with Crippen LogP contribution in [0, 0.1) is 0 Å². The minimum Gasteiger partial charge on any atom is -0.493 e. The molecule has 0 bridgehead atoms. The third kappa shape index (κ3) is 2.74. The second-order valence-corrected chi connectivity index (χ2v) is 5.17. The number of benzene rings is 1. The van der Waals surface area contributed by atoms with Crippen LogP contribution in [0.2, 0.25) is 5.28 Å². The first kappa shape index (κ1) is 13.9. The SMILES string of the molecule is COc1cc2c(cc1OC)CN(c1ccnc(Cl)n1)CC2. The molecule has 0 saturated carbocycles. The normalized spacial score (nSPS) is 13.8. The van der Waals surface area contributed by atoms with E-state index in [-0.39, 0.29) is 5.28 Å². The Hall–Kier alpha value is -2.01. The predicted octanol–water partition coefficient (Wildman–Crippen LogP) is 2.71. The molecule has 2 heterocycles. The van der Waals surface area contributed by atoms with Crippen molar-refractivity contribution in [1.82, 2.24) is 9.97 Å². The summed E-state index contributed by atoms with van der Waals surface area (Å²) in [5.74, 6) is 2.36. The van der Waals surface area contributed by atoms with Gasteiger partial charge in [-0.15, -0.1) is 0 Å². The predicted molar refractivity (Wildman–Crippen MR) is 81.3 cm³/mol. The van der Waals surface area contributed by atoms with E-state index in [1.807, 2.05) is 12.1 Å². The summed E-state index contributed by atoms with van der Waals surface area (Å²) in [6, 6.07) is 5.96. The van der Waals surface area contributed by atoms with Crippen LogP contribution in [-0.4, -0.2) is 30.7 Å². The first-order chi connectivity index (χ1) is 10.2. The highest BCUT2D eigenvalue weighted by Crippen LogP contribution is 2.34. The summed E-state index contributed by atoms with van der Waals surface area (Å²) in [4.78, 5) is 10.4. The van der Waals surface area contributed by atoms with Crippen LogP contribution in [0.25, 0.3) is 0 Å². The van der Waals surface area contributed by atoms with Crippen LogP contribution >= 0.6 is 11.6 Å². The molecule has 21 heavy (non-hydrogen) atoms. The number of halogens is 1. The zero-order chi connectivity index (χ0) is 14.8. The maximum atomic E-state index is 5.87. The van der Waals surface area contributed by atoms with Gasteiger partial charge < -0.3 is 14.4 Å². The lowest BCUT2D eigenvalue weighted by atomic mass is 9.99. The lowest BCUT2D eigenvalue weighted by molar-refractivity contribution is 0.353. The largest absolute Gasteiger partial charge is 0.493 e. The van der Waals surface area contributed by atoms with Crippen LogP contribution in [0.1, 0.15) is 11.1 Å². The molecule has 0 atom stereocenters. The average molecular weight is 306 g/mol. The Morgan fingerprint density at radius 3 is 2.52 bits per heavy atom. The third-order valence-corrected chi connectivity index (χ3v) is 3.84. The van der Waals surface area contributed by atoms with Gasteiger partial charge in [-0.2, -0.15) is 0 Å². The fraction of sp³-hybridized carbons (Fsp3) is 0.333. The van der Waals surface area contributed by atoms with E-state index in [2.05, 4.69) is 20.9 Å².